The molecule has 0 unspecified atom stereocenters. The van der Waals surface area contributed by atoms with Crippen molar-refractivity contribution < 1.29 is 9.47 Å². The summed E-state index contributed by atoms with van der Waals surface area (Å²) in [6, 6.07) is 8.00. The molecule has 1 heterocycles. The van der Waals surface area contributed by atoms with E-state index < -0.39 is 0 Å². The highest BCUT2D eigenvalue weighted by Gasteiger charge is 2.23. The monoisotopic (exact) mass is 242 g/mol. The largest absolute Gasteiger partial charge is 0.346 e. The molecular weight excluding hydrogens is 232 g/mol. The number of halogens is 1. The van der Waals surface area contributed by atoms with Crippen molar-refractivity contribution >= 4 is 15.9 Å². The highest BCUT2D eigenvalue weighted by molar-refractivity contribution is 9.10. The quantitative estimate of drug-likeness (QED) is 0.755. The third-order valence-corrected chi connectivity index (χ3v) is 2.51. The Morgan fingerprint density at radius 1 is 1.31 bits per heavy atom. The predicted molar refractivity (Wildman–Crippen MR) is 53.4 cm³/mol. The summed E-state index contributed by atoms with van der Waals surface area (Å²) in [5.74, 6) is 0. The van der Waals surface area contributed by atoms with Crippen LogP contribution < -0.4 is 0 Å². The fourth-order valence-corrected chi connectivity index (χ4v) is 1.57. The van der Waals surface area contributed by atoms with Crippen LogP contribution in [0.4, 0.5) is 0 Å². The van der Waals surface area contributed by atoms with Crippen LogP contribution in [0.3, 0.4) is 0 Å². The average molecular weight is 243 g/mol. The SMILES string of the molecule is C[C@@H]1CO[C@H](c2ccc(Br)cc2)O1. The molecule has 0 amide bonds. The van der Waals surface area contributed by atoms with Crippen LogP contribution in [0.2, 0.25) is 0 Å². The second kappa shape index (κ2) is 3.78. The zero-order chi connectivity index (χ0) is 9.26. The van der Waals surface area contributed by atoms with Crippen LogP contribution in [0.15, 0.2) is 28.7 Å². The van der Waals surface area contributed by atoms with Crippen LogP contribution >= 0.6 is 15.9 Å². The number of hydrogen-bond donors (Lipinski definition) is 0. The lowest BCUT2D eigenvalue weighted by Crippen LogP contribution is -2.02. The van der Waals surface area contributed by atoms with E-state index in [1.165, 1.54) is 0 Å². The first-order chi connectivity index (χ1) is 6.25. The normalized spacial score (nSPS) is 27.8. The van der Waals surface area contributed by atoms with E-state index in [9.17, 15) is 0 Å². The molecule has 1 aliphatic heterocycles. The van der Waals surface area contributed by atoms with E-state index in [1.807, 2.05) is 31.2 Å². The molecule has 0 bridgehead atoms. The Morgan fingerprint density at radius 2 is 2.00 bits per heavy atom. The van der Waals surface area contributed by atoms with Gasteiger partial charge in [-0.25, -0.2) is 0 Å². The molecule has 2 nitrogen and oxygen atoms in total. The third-order valence-electron chi connectivity index (χ3n) is 1.98. The van der Waals surface area contributed by atoms with Crippen molar-refractivity contribution in [3.63, 3.8) is 0 Å². The standard InChI is InChI=1S/C10H11BrO2/c1-7-6-12-10(13-7)8-2-4-9(11)5-3-8/h2-5,7,10H,6H2,1H3/t7-,10+/m1/s1. The fraction of sp³-hybridized carbons (Fsp3) is 0.400. The second-order valence-electron chi connectivity index (χ2n) is 3.16. The van der Waals surface area contributed by atoms with E-state index in [1.54, 1.807) is 0 Å². The lowest BCUT2D eigenvalue weighted by Gasteiger charge is -2.09. The minimum atomic E-state index is -0.178. The lowest BCUT2D eigenvalue weighted by molar-refractivity contribution is -0.0572. The van der Waals surface area contributed by atoms with Crippen LogP contribution in [0.5, 0.6) is 0 Å². The van der Waals surface area contributed by atoms with Crippen LogP contribution in [0.1, 0.15) is 18.8 Å². The first kappa shape index (κ1) is 9.19. The third kappa shape index (κ3) is 2.10. The molecule has 0 aromatic heterocycles. The Hall–Kier alpha value is -0.380. The summed E-state index contributed by atoms with van der Waals surface area (Å²) < 4.78 is 12.1. The Bertz CT molecular complexity index is 283. The fourth-order valence-electron chi connectivity index (χ4n) is 1.31. The zero-order valence-electron chi connectivity index (χ0n) is 7.37. The second-order valence-corrected chi connectivity index (χ2v) is 4.08. The van der Waals surface area contributed by atoms with E-state index in [4.69, 9.17) is 9.47 Å². The maximum absolute atomic E-state index is 5.55. The summed E-state index contributed by atoms with van der Waals surface area (Å²) in [5.41, 5.74) is 1.08. The molecule has 2 rings (SSSR count). The van der Waals surface area contributed by atoms with E-state index in [2.05, 4.69) is 15.9 Å². The van der Waals surface area contributed by atoms with Gasteiger partial charge in [-0.3, -0.25) is 0 Å². The predicted octanol–water partition coefficient (Wildman–Crippen LogP) is 2.88. The number of benzene rings is 1. The summed E-state index contributed by atoms with van der Waals surface area (Å²) in [5, 5.41) is 0. The van der Waals surface area contributed by atoms with Gasteiger partial charge in [0, 0.05) is 10.0 Å². The first-order valence-corrected chi connectivity index (χ1v) is 5.07. The molecule has 1 aliphatic rings. The molecule has 1 aromatic rings. The van der Waals surface area contributed by atoms with Crippen molar-refractivity contribution in [2.75, 3.05) is 6.61 Å². The van der Waals surface area contributed by atoms with E-state index in [-0.39, 0.29) is 12.4 Å². The van der Waals surface area contributed by atoms with Gasteiger partial charge >= 0.3 is 0 Å². The minimum Gasteiger partial charge on any atom is -0.346 e. The Kier molecular flexibility index (Phi) is 2.67. The summed E-state index contributed by atoms with van der Waals surface area (Å²) in [7, 11) is 0. The molecule has 2 atom stereocenters. The van der Waals surface area contributed by atoms with Crippen LogP contribution in [-0.4, -0.2) is 12.7 Å². The first-order valence-electron chi connectivity index (χ1n) is 4.28. The van der Waals surface area contributed by atoms with Gasteiger partial charge in [-0.2, -0.15) is 0 Å². The highest BCUT2D eigenvalue weighted by atomic mass is 79.9. The average Bonchev–Trinajstić information content (AvgIpc) is 2.53. The summed E-state index contributed by atoms with van der Waals surface area (Å²) in [6.45, 7) is 2.69. The van der Waals surface area contributed by atoms with Gasteiger partial charge in [0.05, 0.1) is 12.7 Å². The Balaban J connectivity index is 2.13. The van der Waals surface area contributed by atoms with Crippen LogP contribution in [-0.2, 0) is 9.47 Å². The number of hydrogen-bond acceptors (Lipinski definition) is 2. The highest BCUT2D eigenvalue weighted by Crippen LogP contribution is 2.27. The summed E-state index contributed by atoms with van der Waals surface area (Å²) >= 11 is 3.38. The van der Waals surface area contributed by atoms with Crippen molar-refractivity contribution in [3.8, 4) is 0 Å². The lowest BCUT2D eigenvalue weighted by atomic mass is 10.2. The summed E-state index contributed by atoms with van der Waals surface area (Å²) in [6.07, 6.45) is 0.0248. The molecule has 3 heteroatoms. The number of rotatable bonds is 1. The number of ether oxygens (including phenoxy) is 2. The van der Waals surface area contributed by atoms with Crippen molar-refractivity contribution in [2.45, 2.75) is 19.3 Å². The molecule has 1 saturated heterocycles. The van der Waals surface area contributed by atoms with Crippen LogP contribution in [0.25, 0.3) is 0 Å². The van der Waals surface area contributed by atoms with Crippen LogP contribution in [0, 0.1) is 0 Å². The molecule has 0 radical (unpaired) electrons. The van der Waals surface area contributed by atoms with Gasteiger partial charge in [0.25, 0.3) is 0 Å². The molecule has 1 fully saturated rings. The minimum absolute atomic E-state index is 0.178. The van der Waals surface area contributed by atoms with Crippen molar-refractivity contribution in [2.24, 2.45) is 0 Å². The maximum Gasteiger partial charge on any atom is 0.184 e. The van der Waals surface area contributed by atoms with E-state index >= 15 is 0 Å². The topological polar surface area (TPSA) is 18.5 Å². The Morgan fingerprint density at radius 3 is 2.54 bits per heavy atom. The maximum atomic E-state index is 5.55. The molecule has 70 valence electrons. The Labute approximate surface area is 86.0 Å². The zero-order valence-corrected chi connectivity index (χ0v) is 8.95. The van der Waals surface area contributed by atoms with Gasteiger partial charge in [-0.1, -0.05) is 28.1 Å². The van der Waals surface area contributed by atoms with Crippen molar-refractivity contribution in [1.29, 1.82) is 0 Å². The van der Waals surface area contributed by atoms with E-state index in [0.717, 1.165) is 10.0 Å². The van der Waals surface area contributed by atoms with Gasteiger partial charge in [0.1, 0.15) is 0 Å². The van der Waals surface area contributed by atoms with E-state index in [0.29, 0.717) is 6.61 Å². The molecule has 13 heavy (non-hydrogen) atoms. The smallest absolute Gasteiger partial charge is 0.184 e. The molecule has 1 aromatic carbocycles. The van der Waals surface area contributed by atoms with Gasteiger partial charge in [-0.15, -0.1) is 0 Å². The van der Waals surface area contributed by atoms with Crippen molar-refractivity contribution in [1.82, 2.24) is 0 Å². The van der Waals surface area contributed by atoms with Gasteiger partial charge in [0.15, 0.2) is 6.29 Å². The van der Waals surface area contributed by atoms with Crippen molar-refractivity contribution in [3.05, 3.63) is 34.3 Å². The molecule has 0 N–H and O–H groups in total. The molecular formula is C10H11BrO2. The molecule has 0 saturated carbocycles. The van der Waals surface area contributed by atoms with Gasteiger partial charge < -0.3 is 9.47 Å². The molecule has 0 spiro atoms. The molecule has 0 aliphatic carbocycles. The summed E-state index contributed by atoms with van der Waals surface area (Å²) in [4.78, 5) is 0. The van der Waals surface area contributed by atoms with Gasteiger partial charge in [0.2, 0.25) is 0 Å². The van der Waals surface area contributed by atoms with Gasteiger partial charge in [-0.05, 0) is 19.1 Å².